The van der Waals surface area contributed by atoms with Crippen molar-refractivity contribution in [2.75, 3.05) is 0 Å². The molecule has 2 heteroatoms. The summed E-state index contributed by atoms with van der Waals surface area (Å²) in [6, 6.07) is 6.49. The Morgan fingerprint density at radius 3 is 2.40 bits per heavy atom. The average molecular weight is 138 g/mol. The van der Waals surface area contributed by atoms with E-state index in [0.29, 0.717) is 5.56 Å². The molecule has 0 heterocycles. The normalized spacial score (nSPS) is 9.30. The standard InChI is InChI=1S/C8H8O2/c1-6(9)7-4-2-3-5-8(7)10/h2-5,10H,1H3/i1+1,6+1. The summed E-state index contributed by atoms with van der Waals surface area (Å²) < 4.78 is 0. The molecule has 1 aromatic carbocycles. The molecular formula is C8H8O2. The van der Waals surface area contributed by atoms with Crippen LogP contribution in [0, 0.1) is 0 Å². The van der Waals surface area contributed by atoms with Gasteiger partial charge >= 0.3 is 0 Å². The number of Topliss-reactive ketones (excluding diaryl/α,β-unsaturated/α-hetero) is 1. The van der Waals surface area contributed by atoms with Crippen LogP contribution in [0.25, 0.3) is 0 Å². The fourth-order valence-corrected chi connectivity index (χ4v) is 0.771. The zero-order valence-electron chi connectivity index (χ0n) is 5.66. The Morgan fingerprint density at radius 2 is 2.00 bits per heavy atom. The fourth-order valence-electron chi connectivity index (χ4n) is 0.771. The first-order valence-electron chi connectivity index (χ1n) is 3.01. The third-order valence-electron chi connectivity index (χ3n) is 1.28. The summed E-state index contributed by atoms with van der Waals surface area (Å²) in [5.41, 5.74) is 0.377. The fraction of sp³-hybridized carbons (Fsp3) is 0.125. The van der Waals surface area contributed by atoms with Crippen molar-refractivity contribution in [3.05, 3.63) is 29.8 Å². The minimum Gasteiger partial charge on any atom is -0.507 e. The highest BCUT2D eigenvalue weighted by Gasteiger charge is 2.02. The maximum absolute atomic E-state index is 10.7. The lowest BCUT2D eigenvalue weighted by atomic mass is 10.3. The first-order chi connectivity index (χ1) is 4.72. The summed E-state index contributed by atoms with van der Waals surface area (Å²) >= 11 is 0. The van der Waals surface area contributed by atoms with Crippen molar-refractivity contribution in [3.8, 4) is 5.75 Å². The second-order valence-electron chi connectivity index (χ2n) is 2.07. The molecule has 0 atom stereocenters. The van der Waals surface area contributed by atoms with Crippen LogP contribution in [-0.4, -0.2) is 10.9 Å². The smallest absolute Gasteiger partial charge is 0.163 e. The molecule has 0 amide bonds. The third-order valence-corrected chi connectivity index (χ3v) is 1.28. The molecule has 52 valence electrons. The number of carbonyl (C=O) groups is 1. The first kappa shape index (κ1) is 6.81. The number of phenolic OH excluding ortho intramolecular Hbond substituents is 1. The van der Waals surface area contributed by atoms with Crippen LogP contribution < -0.4 is 0 Å². The van der Waals surface area contributed by atoms with Gasteiger partial charge in [-0.05, 0) is 19.1 Å². The Morgan fingerprint density at radius 1 is 1.40 bits per heavy atom. The summed E-state index contributed by atoms with van der Waals surface area (Å²) in [7, 11) is 0. The lowest BCUT2D eigenvalue weighted by molar-refractivity contribution is 0.101. The summed E-state index contributed by atoms with van der Waals surface area (Å²) in [5, 5.41) is 9.06. The molecular weight excluding hydrogens is 130 g/mol. The number of hydrogen-bond acceptors (Lipinski definition) is 2. The van der Waals surface area contributed by atoms with Gasteiger partial charge in [0.05, 0.1) is 5.56 Å². The predicted molar refractivity (Wildman–Crippen MR) is 38.1 cm³/mol. The van der Waals surface area contributed by atoms with Crippen molar-refractivity contribution < 1.29 is 9.90 Å². The van der Waals surface area contributed by atoms with Crippen LogP contribution >= 0.6 is 0 Å². The quantitative estimate of drug-likeness (QED) is 0.472. The van der Waals surface area contributed by atoms with Crippen molar-refractivity contribution in [2.45, 2.75) is 6.92 Å². The van der Waals surface area contributed by atoms with Gasteiger partial charge in [0.1, 0.15) is 5.75 Å². The zero-order chi connectivity index (χ0) is 7.56. The van der Waals surface area contributed by atoms with Crippen LogP contribution in [0.4, 0.5) is 0 Å². The van der Waals surface area contributed by atoms with Crippen molar-refractivity contribution in [2.24, 2.45) is 0 Å². The second-order valence-corrected chi connectivity index (χ2v) is 2.07. The Labute approximate surface area is 59.1 Å². The van der Waals surface area contributed by atoms with Gasteiger partial charge in [-0.15, -0.1) is 0 Å². The summed E-state index contributed by atoms with van der Waals surface area (Å²) in [5.74, 6) is -0.0619. The molecule has 1 N–H and O–H groups in total. The number of benzene rings is 1. The molecule has 0 fully saturated rings. The van der Waals surface area contributed by atoms with E-state index in [0.717, 1.165) is 0 Å². The van der Waals surface area contributed by atoms with Gasteiger partial charge in [-0.2, -0.15) is 0 Å². The van der Waals surface area contributed by atoms with Gasteiger partial charge in [0.25, 0.3) is 0 Å². The van der Waals surface area contributed by atoms with Crippen molar-refractivity contribution in [1.29, 1.82) is 0 Å². The third kappa shape index (κ3) is 1.16. The molecule has 0 unspecified atom stereocenters. The monoisotopic (exact) mass is 138 g/mol. The van der Waals surface area contributed by atoms with E-state index in [-0.39, 0.29) is 11.5 Å². The molecule has 0 aliphatic rings. The van der Waals surface area contributed by atoms with E-state index in [9.17, 15) is 4.79 Å². The Hall–Kier alpha value is -1.31. The van der Waals surface area contributed by atoms with Crippen LogP contribution in [0.2, 0.25) is 0 Å². The molecule has 0 saturated carbocycles. The van der Waals surface area contributed by atoms with Crippen LogP contribution in [0.15, 0.2) is 24.3 Å². The maximum Gasteiger partial charge on any atom is 0.163 e. The van der Waals surface area contributed by atoms with Crippen LogP contribution in [0.3, 0.4) is 0 Å². The van der Waals surface area contributed by atoms with Gasteiger partial charge in [0.2, 0.25) is 0 Å². The van der Waals surface area contributed by atoms with Crippen molar-refractivity contribution in [3.63, 3.8) is 0 Å². The van der Waals surface area contributed by atoms with E-state index in [1.807, 2.05) is 0 Å². The summed E-state index contributed by atoms with van der Waals surface area (Å²) in [6.07, 6.45) is 0. The Kier molecular flexibility index (Phi) is 1.71. The summed E-state index contributed by atoms with van der Waals surface area (Å²) in [4.78, 5) is 10.7. The van der Waals surface area contributed by atoms with Gasteiger partial charge in [-0.25, -0.2) is 0 Å². The zero-order valence-corrected chi connectivity index (χ0v) is 5.66. The van der Waals surface area contributed by atoms with Crippen LogP contribution in [0.5, 0.6) is 5.75 Å². The number of carbonyl (C=O) groups excluding carboxylic acids is 1. The second kappa shape index (κ2) is 2.52. The largest absolute Gasteiger partial charge is 0.507 e. The molecule has 0 bridgehead atoms. The van der Waals surface area contributed by atoms with E-state index in [2.05, 4.69) is 0 Å². The topological polar surface area (TPSA) is 37.3 Å². The van der Waals surface area contributed by atoms with E-state index in [1.54, 1.807) is 18.2 Å². The van der Waals surface area contributed by atoms with Gasteiger partial charge in [0, 0.05) is 0 Å². The number of rotatable bonds is 1. The molecule has 0 spiro atoms. The highest BCUT2D eigenvalue weighted by molar-refractivity contribution is 5.96. The number of ketones is 1. The van der Waals surface area contributed by atoms with Gasteiger partial charge in [-0.1, -0.05) is 12.1 Å². The van der Waals surface area contributed by atoms with Gasteiger partial charge < -0.3 is 5.11 Å². The summed E-state index contributed by atoms with van der Waals surface area (Å²) in [6.45, 7) is 1.43. The molecule has 0 radical (unpaired) electrons. The highest BCUT2D eigenvalue weighted by Crippen LogP contribution is 2.15. The molecule has 0 aromatic heterocycles. The number of phenols is 1. The minimum atomic E-state index is -0.113. The van der Waals surface area contributed by atoms with E-state index >= 15 is 0 Å². The van der Waals surface area contributed by atoms with E-state index < -0.39 is 0 Å². The molecule has 1 rings (SSSR count). The molecule has 0 saturated heterocycles. The number of para-hydroxylation sites is 1. The highest BCUT2D eigenvalue weighted by atomic mass is 16.3. The van der Waals surface area contributed by atoms with E-state index in [1.165, 1.54) is 13.0 Å². The SMILES string of the molecule is [13CH3][13C](=O)c1ccccc1O. The molecule has 0 aliphatic heterocycles. The number of hydrogen-bond donors (Lipinski definition) is 1. The van der Waals surface area contributed by atoms with Crippen molar-refractivity contribution >= 4 is 5.78 Å². The molecule has 0 aliphatic carbocycles. The predicted octanol–water partition coefficient (Wildman–Crippen LogP) is 1.59. The average Bonchev–Trinajstić information content (AvgIpc) is 1.88. The number of aromatic hydroxyl groups is 1. The molecule has 1 aromatic rings. The lowest BCUT2D eigenvalue weighted by Crippen LogP contribution is -1.90. The molecule has 2 nitrogen and oxygen atoms in total. The van der Waals surface area contributed by atoms with Crippen LogP contribution in [0.1, 0.15) is 17.3 Å². The lowest BCUT2D eigenvalue weighted by Gasteiger charge is -1.96. The minimum absolute atomic E-state index is 0.0509. The first-order valence-corrected chi connectivity index (χ1v) is 3.01. The van der Waals surface area contributed by atoms with Crippen molar-refractivity contribution in [1.82, 2.24) is 0 Å². The Balaban J connectivity index is 3.15. The van der Waals surface area contributed by atoms with Gasteiger partial charge in [-0.3, -0.25) is 4.79 Å². The maximum atomic E-state index is 10.7. The Bertz CT molecular complexity index is 253. The van der Waals surface area contributed by atoms with E-state index in [4.69, 9.17) is 5.11 Å². The molecule has 10 heavy (non-hydrogen) atoms. The van der Waals surface area contributed by atoms with Crippen LogP contribution in [-0.2, 0) is 0 Å². The van der Waals surface area contributed by atoms with Gasteiger partial charge in [0.15, 0.2) is 5.78 Å².